The number of hydrazone groups is 1. The van der Waals surface area contributed by atoms with Crippen LogP contribution in [0, 0.1) is 6.92 Å². The molecule has 4 rings (SSSR count). The van der Waals surface area contributed by atoms with Crippen molar-refractivity contribution in [1.29, 1.82) is 0 Å². The number of anilines is 3. The quantitative estimate of drug-likeness (QED) is 0.351. The van der Waals surface area contributed by atoms with Gasteiger partial charge >= 0.3 is 0 Å². The summed E-state index contributed by atoms with van der Waals surface area (Å²) in [6, 6.07) is 13.3. The molecule has 0 bridgehead atoms. The summed E-state index contributed by atoms with van der Waals surface area (Å²) in [5.74, 6) is 2.06. The van der Waals surface area contributed by atoms with Crippen molar-refractivity contribution in [3.05, 3.63) is 53.6 Å². The zero-order chi connectivity index (χ0) is 20.9. The summed E-state index contributed by atoms with van der Waals surface area (Å²) in [5, 5.41) is 15.0. The molecule has 0 aliphatic carbocycles. The van der Waals surface area contributed by atoms with E-state index in [9.17, 15) is 0 Å². The Hall–Kier alpha value is -4.21. The Kier molecular flexibility index (Phi) is 5.37. The molecule has 2 aromatic heterocycles. The van der Waals surface area contributed by atoms with Crippen LogP contribution in [-0.2, 0) is 0 Å². The smallest absolute Gasteiger partial charge is 0.245 e. The topological polar surface area (TPSA) is 120 Å². The summed E-state index contributed by atoms with van der Waals surface area (Å²) in [6.45, 7) is 2.01. The van der Waals surface area contributed by atoms with Crippen LogP contribution in [0.25, 0.3) is 11.3 Å². The number of aromatic nitrogens is 4. The minimum atomic E-state index is 0.272. The van der Waals surface area contributed by atoms with E-state index in [1.54, 1.807) is 26.5 Å². The fourth-order valence-corrected chi connectivity index (χ4v) is 2.76. The second-order valence-electron chi connectivity index (χ2n) is 6.31. The Morgan fingerprint density at radius 2 is 1.70 bits per heavy atom. The zero-order valence-corrected chi connectivity index (χ0v) is 16.6. The van der Waals surface area contributed by atoms with E-state index in [0.717, 1.165) is 16.8 Å². The normalized spacial score (nSPS) is 11.0. The number of nitrogens with zero attached hydrogens (tertiary/aromatic N) is 5. The SMILES string of the molecule is COc1ccc(C=NNc2nc3nonc3nc2Nc2cccc(C)c2)cc1OC. The highest BCUT2D eigenvalue weighted by atomic mass is 16.6. The number of methoxy groups -OCH3 is 2. The van der Waals surface area contributed by atoms with Crippen molar-refractivity contribution in [2.75, 3.05) is 25.0 Å². The molecular weight excluding hydrogens is 386 g/mol. The highest BCUT2D eigenvalue weighted by molar-refractivity contribution is 5.82. The second kappa shape index (κ2) is 8.43. The fourth-order valence-electron chi connectivity index (χ4n) is 2.76. The molecule has 0 fully saturated rings. The lowest BCUT2D eigenvalue weighted by atomic mass is 10.2. The molecule has 0 atom stereocenters. The zero-order valence-electron chi connectivity index (χ0n) is 16.6. The van der Waals surface area contributed by atoms with Gasteiger partial charge in [-0.25, -0.2) is 9.61 Å². The fraction of sp³-hybridized carbons (Fsp3) is 0.150. The van der Waals surface area contributed by atoms with Gasteiger partial charge in [0, 0.05) is 5.69 Å². The molecule has 0 saturated heterocycles. The van der Waals surface area contributed by atoms with Gasteiger partial charge in [-0.2, -0.15) is 10.1 Å². The highest BCUT2D eigenvalue weighted by Crippen LogP contribution is 2.27. The van der Waals surface area contributed by atoms with Crippen molar-refractivity contribution in [3.63, 3.8) is 0 Å². The molecular formula is C20H19N7O3. The summed E-state index contributed by atoms with van der Waals surface area (Å²) in [4.78, 5) is 8.81. The number of benzene rings is 2. The molecule has 0 unspecified atom stereocenters. The summed E-state index contributed by atoms with van der Waals surface area (Å²) in [5.41, 5.74) is 6.23. The van der Waals surface area contributed by atoms with Gasteiger partial charge < -0.3 is 14.8 Å². The third-order valence-electron chi connectivity index (χ3n) is 4.19. The van der Waals surface area contributed by atoms with E-state index in [1.165, 1.54) is 0 Å². The molecule has 10 nitrogen and oxygen atoms in total. The van der Waals surface area contributed by atoms with Gasteiger partial charge in [-0.05, 0) is 58.7 Å². The average Bonchev–Trinajstić information content (AvgIpc) is 3.21. The number of hydrogen-bond donors (Lipinski definition) is 2. The van der Waals surface area contributed by atoms with Crippen molar-refractivity contribution in [2.45, 2.75) is 6.92 Å². The molecule has 0 spiro atoms. The molecule has 0 aliphatic heterocycles. The number of rotatable bonds is 7. The molecule has 2 aromatic carbocycles. The van der Waals surface area contributed by atoms with Crippen LogP contribution >= 0.6 is 0 Å². The number of fused-ring (bicyclic) bond motifs is 1. The first-order chi connectivity index (χ1) is 14.7. The molecule has 4 aromatic rings. The van der Waals surface area contributed by atoms with Crippen LogP contribution in [0.2, 0.25) is 0 Å². The van der Waals surface area contributed by atoms with Gasteiger partial charge in [0.25, 0.3) is 0 Å². The van der Waals surface area contributed by atoms with E-state index < -0.39 is 0 Å². The van der Waals surface area contributed by atoms with Crippen molar-refractivity contribution < 1.29 is 14.1 Å². The Labute approximate surface area is 171 Å². The Bertz CT molecular complexity index is 1210. The predicted octanol–water partition coefficient (Wildman–Crippen LogP) is 3.53. The monoisotopic (exact) mass is 405 g/mol. The third kappa shape index (κ3) is 4.12. The first-order valence-electron chi connectivity index (χ1n) is 9.01. The minimum Gasteiger partial charge on any atom is -0.493 e. The van der Waals surface area contributed by atoms with E-state index >= 15 is 0 Å². The van der Waals surface area contributed by atoms with E-state index in [1.807, 2.05) is 43.3 Å². The lowest BCUT2D eigenvalue weighted by Gasteiger charge is -2.10. The van der Waals surface area contributed by atoms with Gasteiger partial charge in [-0.15, -0.1) is 0 Å². The molecule has 0 aliphatic rings. The number of ether oxygens (including phenoxy) is 2. The van der Waals surface area contributed by atoms with Gasteiger partial charge in [-0.1, -0.05) is 12.1 Å². The van der Waals surface area contributed by atoms with Gasteiger partial charge in [0.05, 0.1) is 20.4 Å². The Morgan fingerprint density at radius 3 is 2.43 bits per heavy atom. The van der Waals surface area contributed by atoms with Crippen LogP contribution in [0.15, 0.2) is 52.2 Å². The minimum absolute atomic E-state index is 0.272. The highest BCUT2D eigenvalue weighted by Gasteiger charge is 2.13. The Balaban J connectivity index is 1.60. The van der Waals surface area contributed by atoms with E-state index in [-0.39, 0.29) is 5.65 Å². The summed E-state index contributed by atoms with van der Waals surface area (Å²) < 4.78 is 15.3. The lowest BCUT2D eigenvalue weighted by Crippen LogP contribution is -2.03. The van der Waals surface area contributed by atoms with Crippen molar-refractivity contribution in [3.8, 4) is 11.5 Å². The maximum Gasteiger partial charge on any atom is 0.245 e. The maximum atomic E-state index is 5.31. The number of hydrogen-bond acceptors (Lipinski definition) is 10. The van der Waals surface area contributed by atoms with Gasteiger partial charge in [0.15, 0.2) is 23.1 Å². The van der Waals surface area contributed by atoms with Gasteiger partial charge in [0.2, 0.25) is 11.3 Å². The lowest BCUT2D eigenvalue weighted by molar-refractivity contribution is 0.314. The standard InChI is InChI=1S/C20H19N7O3/c1-12-5-4-6-14(9-12)22-17-18(24-20-19(23-17)26-30-27-20)25-21-11-13-7-8-15(28-2)16(10-13)29-3/h4-11H,1-3H3,(H,22,23,26)(H,24,25,27). The van der Waals surface area contributed by atoms with Crippen LogP contribution in [-0.4, -0.2) is 40.7 Å². The molecule has 0 amide bonds. The molecule has 0 radical (unpaired) electrons. The maximum absolute atomic E-state index is 5.31. The summed E-state index contributed by atoms with van der Waals surface area (Å²) >= 11 is 0. The molecule has 2 heterocycles. The number of nitrogens with one attached hydrogen (secondary N) is 2. The summed E-state index contributed by atoms with van der Waals surface area (Å²) in [6.07, 6.45) is 1.63. The summed E-state index contributed by atoms with van der Waals surface area (Å²) in [7, 11) is 3.17. The van der Waals surface area contributed by atoms with E-state index in [4.69, 9.17) is 14.1 Å². The second-order valence-corrected chi connectivity index (χ2v) is 6.31. The van der Waals surface area contributed by atoms with Gasteiger partial charge in [-0.3, -0.25) is 5.43 Å². The van der Waals surface area contributed by atoms with E-state index in [0.29, 0.717) is 28.8 Å². The molecule has 30 heavy (non-hydrogen) atoms. The van der Waals surface area contributed by atoms with Crippen LogP contribution in [0.5, 0.6) is 11.5 Å². The molecule has 0 saturated carbocycles. The largest absolute Gasteiger partial charge is 0.493 e. The third-order valence-corrected chi connectivity index (χ3v) is 4.19. The Morgan fingerprint density at radius 1 is 0.933 bits per heavy atom. The van der Waals surface area contributed by atoms with Crippen LogP contribution in [0.3, 0.4) is 0 Å². The van der Waals surface area contributed by atoms with Crippen molar-refractivity contribution >= 4 is 34.8 Å². The molecule has 10 heteroatoms. The molecule has 2 N–H and O–H groups in total. The molecule has 152 valence electrons. The number of aryl methyl sites for hydroxylation is 1. The van der Waals surface area contributed by atoms with Crippen LogP contribution in [0.1, 0.15) is 11.1 Å². The first-order valence-corrected chi connectivity index (χ1v) is 9.01. The first kappa shape index (κ1) is 19.1. The van der Waals surface area contributed by atoms with Crippen molar-refractivity contribution in [2.24, 2.45) is 5.10 Å². The van der Waals surface area contributed by atoms with Gasteiger partial charge in [0.1, 0.15) is 0 Å². The van der Waals surface area contributed by atoms with Crippen LogP contribution < -0.4 is 20.2 Å². The van der Waals surface area contributed by atoms with Crippen molar-refractivity contribution in [1.82, 2.24) is 20.3 Å². The predicted molar refractivity (Wildman–Crippen MR) is 113 cm³/mol. The van der Waals surface area contributed by atoms with Crippen LogP contribution in [0.4, 0.5) is 17.3 Å². The van der Waals surface area contributed by atoms with E-state index in [2.05, 4.69) is 36.1 Å². The average molecular weight is 405 g/mol.